The SMILES string of the molecule is O=C(O)Cc1ccc(OC2CCN(C(=O)Oc3ccc(CCSc4ccncc4)cc3)CC2)cc1. The summed E-state index contributed by atoms with van der Waals surface area (Å²) < 4.78 is 11.6. The fourth-order valence-corrected chi connectivity index (χ4v) is 4.71. The van der Waals surface area contributed by atoms with Crippen molar-refractivity contribution >= 4 is 23.8 Å². The largest absolute Gasteiger partial charge is 0.490 e. The van der Waals surface area contributed by atoms with Crippen LogP contribution in [0.5, 0.6) is 11.5 Å². The van der Waals surface area contributed by atoms with Gasteiger partial charge < -0.3 is 19.5 Å². The normalized spacial score (nSPS) is 13.9. The van der Waals surface area contributed by atoms with Crippen molar-refractivity contribution in [1.29, 1.82) is 0 Å². The minimum Gasteiger partial charge on any atom is -0.490 e. The first-order chi connectivity index (χ1) is 17.0. The van der Waals surface area contributed by atoms with Gasteiger partial charge in [-0.25, -0.2) is 4.79 Å². The Morgan fingerprint density at radius 1 is 0.914 bits per heavy atom. The number of carbonyl (C=O) groups excluding carboxylic acids is 1. The zero-order chi connectivity index (χ0) is 24.5. The van der Waals surface area contributed by atoms with E-state index in [9.17, 15) is 9.59 Å². The van der Waals surface area contributed by atoms with E-state index in [-0.39, 0.29) is 18.6 Å². The van der Waals surface area contributed by atoms with Crippen LogP contribution in [-0.4, -0.2) is 52.0 Å². The Morgan fingerprint density at radius 2 is 1.54 bits per heavy atom. The van der Waals surface area contributed by atoms with E-state index in [4.69, 9.17) is 14.6 Å². The van der Waals surface area contributed by atoms with Crippen LogP contribution < -0.4 is 9.47 Å². The molecule has 2 aromatic carbocycles. The number of nitrogens with zero attached hydrogens (tertiary/aromatic N) is 2. The smallest absolute Gasteiger partial charge is 0.415 e. The number of aromatic nitrogens is 1. The molecule has 4 rings (SSSR count). The van der Waals surface area contributed by atoms with Gasteiger partial charge in [0.05, 0.1) is 6.42 Å². The van der Waals surface area contributed by atoms with E-state index in [1.54, 1.807) is 53.3 Å². The summed E-state index contributed by atoms with van der Waals surface area (Å²) in [4.78, 5) is 30.3. The van der Waals surface area contributed by atoms with E-state index < -0.39 is 5.97 Å². The Morgan fingerprint density at radius 3 is 2.20 bits per heavy atom. The van der Waals surface area contributed by atoms with E-state index in [1.807, 2.05) is 36.4 Å². The molecule has 0 aliphatic carbocycles. The number of carbonyl (C=O) groups is 2. The predicted octanol–water partition coefficient (Wildman–Crippen LogP) is 5.09. The second-order valence-electron chi connectivity index (χ2n) is 8.31. The molecule has 1 aliphatic heterocycles. The summed E-state index contributed by atoms with van der Waals surface area (Å²) in [5.74, 6) is 1.36. The number of rotatable bonds is 9. The number of aliphatic carboxylic acids is 1. The van der Waals surface area contributed by atoms with Crippen molar-refractivity contribution in [2.24, 2.45) is 0 Å². The minimum atomic E-state index is -0.857. The van der Waals surface area contributed by atoms with Gasteiger partial charge in [-0.1, -0.05) is 24.3 Å². The Labute approximate surface area is 209 Å². The summed E-state index contributed by atoms with van der Waals surface area (Å²) in [5.41, 5.74) is 1.93. The third-order valence-corrected chi connectivity index (χ3v) is 6.73. The van der Waals surface area contributed by atoms with Crippen molar-refractivity contribution in [3.8, 4) is 11.5 Å². The molecule has 35 heavy (non-hydrogen) atoms. The lowest BCUT2D eigenvalue weighted by Gasteiger charge is -2.31. The van der Waals surface area contributed by atoms with Gasteiger partial charge in [-0.3, -0.25) is 9.78 Å². The Bertz CT molecular complexity index is 1100. The molecule has 0 bridgehead atoms. The summed E-state index contributed by atoms with van der Waals surface area (Å²) in [6.07, 6.45) is 5.60. The molecule has 2 heterocycles. The molecule has 1 amide bonds. The molecule has 0 spiro atoms. The van der Waals surface area contributed by atoms with Gasteiger partial charge >= 0.3 is 12.1 Å². The molecule has 7 nitrogen and oxygen atoms in total. The highest BCUT2D eigenvalue weighted by atomic mass is 32.2. The average molecular weight is 493 g/mol. The number of hydrogen-bond donors (Lipinski definition) is 1. The topological polar surface area (TPSA) is 89.0 Å². The molecule has 8 heteroatoms. The lowest BCUT2D eigenvalue weighted by molar-refractivity contribution is -0.136. The van der Waals surface area contributed by atoms with Gasteiger partial charge in [-0.05, 0) is 53.9 Å². The van der Waals surface area contributed by atoms with Crippen LogP contribution >= 0.6 is 11.8 Å². The maximum Gasteiger partial charge on any atom is 0.415 e. The standard InChI is InChI=1S/C27H28N2O5S/c30-26(31)19-21-3-7-22(8-4-21)33-24-11-16-29(17-12-24)27(32)34-23-5-1-20(2-6-23)13-18-35-25-9-14-28-15-10-25/h1-10,14-15,24H,11-13,16-19H2,(H,30,31). The van der Waals surface area contributed by atoms with Crippen LogP contribution in [0.1, 0.15) is 24.0 Å². The van der Waals surface area contributed by atoms with Crippen molar-refractivity contribution in [1.82, 2.24) is 9.88 Å². The molecule has 0 unspecified atom stereocenters. The Hall–Kier alpha value is -3.52. The van der Waals surface area contributed by atoms with Gasteiger partial charge in [0.15, 0.2) is 0 Å². The molecule has 1 saturated heterocycles. The van der Waals surface area contributed by atoms with Gasteiger partial charge in [0.25, 0.3) is 0 Å². The van der Waals surface area contributed by atoms with Crippen molar-refractivity contribution in [2.45, 2.75) is 36.7 Å². The number of pyridine rings is 1. The fourth-order valence-electron chi connectivity index (χ4n) is 3.82. The third-order valence-electron chi connectivity index (χ3n) is 5.72. The van der Waals surface area contributed by atoms with Crippen LogP contribution in [0.25, 0.3) is 0 Å². The number of amides is 1. The number of likely N-dealkylation sites (tertiary alicyclic amines) is 1. The quantitative estimate of drug-likeness (QED) is 0.417. The Kier molecular flexibility index (Phi) is 8.62. The van der Waals surface area contributed by atoms with Crippen LogP contribution in [0.3, 0.4) is 0 Å². The van der Waals surface area contributed by atoms with Gasteiger partial charge in [0, 0.05) is 49.0 Å². The van der Waals surface area contributed by atoms with Crippen molar-refractivity contribution in [3.05, 3.63) is 84.2 Å². The molecule has 0 saturated carbocycles. The summed E-state index contributed by atoms with van der Waals surface area (Å²) in [6, 6.07) is 18.8. The summed E-state index contributed by atoms with van der Waals surface area (Å²) >= 11 is 1.79. The predicted molar refractivity (Wildman–Crippen MR) is 134 cm³/mol. The highest BCUT2D eigenvalue weighted by molar-refractivity contribution is 7.99. The molecule has 1 aromatic heterocycles. The van der Waals surface area contributed by atoms with Crippen molar-refractivity contribution in [3.63, 3.8) is 0 Å². The minimum absolute atomic E-state index is 0.00503. The van der Waals surface area contributed by atoms with Gasteiger partial charge in [-0.15, -0.1) is 11.8 Å². The molecular weight excluding hydrogens is 464 g/mol. The summed E-state index contributed by atoms with van der Waals surface area (Å²) in [7, 11) is 0. The van der Waals surface area contributed by atoms with Crippen LogP contribution in [0.15, 0.2) is 78.0 Å². The van der Waals surface area contributed by atoms with Crippen LogP contribution in [0.4, 0.5) is 4.79 Å². The molecule has 182 valence electrons. The van der Waals surface area contributed by atoms with Crippen molar-refractivity contribution < 1.29 is 24.2 Å². The van der Waals surface area contributed by atoms with E-state index in [1.165, 1.54) is 10.5 Å². The lowest BCUT2D eigenvalue weighted by Crippen LogP contribution is -2.43. The van der Waals surface area contributed by atoms with E-state index in [0.29, 0.717) is 37.4 Å². The number of benzene rings is 2. The first-order valence-electron chi connectivity index (χ1n) is 11.6. The molecule has 0 atom stereocenters. The van der Waals surface area contributed by atoms with Crippen molar-refractivity contribution in [2.75, 3.05) is 18.8 Å². The highest BCUT2D eigenvalue weighted by Gasteiger charge is 2.25. The summed E-state index contributed by atoms with van der Waals surface area (Å²) in [6.45, 7) is 1.12. The molecular formula is C27H28N2O5S. The van der Waals surface area contributed by atoms with Gasteiger partial charge in [0.1, 0.15) is 17.6 Å². The van der Waals surface area contributed by atoms with Crippen LogP contribution in [0.2, 0.25) is 0 Å². The Balaban J connectivity index is 1.17. The second-order valence-corrected chi connectivity index (χ2v) is 9.48. The summed E-state index contributed by atoms with van der Waals surface area (Å²) in [5, 5.41) is 8.86. The third kappa shape index (κ3) is 7.75. The highest BCUT2D eigenvalue weighted by Crippen LogP contribution is 2.22. The van der Waals surface area contributed by atoms with Crippen LogP contribution in [0, 0.1) is 0 Å². The maximum atomic E-state index is 12.6. The molecule has 0 radical (unpaired) electrons. The van der Waals surface area contributed by atoms with Gasteiger partial charge in [-0.2, -0.15) is 0 Å². The molecule has 3 aromatic rings. The monoisotopic (exact) mass is 492 g/mol. The molecule has 1 aliphatic rings. The van der Waals surface area contributed by atoms with Gasteiger partial charge in [0.2, 0.25) is 0 Å². The van der Waals surface area contributed by atoms with E-state index in [2.05, 4.69) is 4.98 Å². The fraction of sp³-hybridized carbons (Fsp3) is 0.296. The number of hydrogen-bond acceptors (Lipinski definition) is 6. The second kappa shape index (κ2) is 12.3. The number of carboxylic acid groups (broad SMARTS) is 1. The zero-order valence-corrected chi connectivity index (χ0v) is 20.2. The van der Waals surface area contributed by atoms with E-state index >= 15 is 0 Å². The maximum absolute atomic E-state index is 12.6. The zero-order valence-electron chi connectivity index (χ0n) is 19.3. The van der Waals surface area contributed by atoms with Crippen LogP contribution in [-0.2, 0) is 17.6 Å². The number of thioether (sulfide) groups is 1. The van der Waals surface area contributed by atoms with E-state index in [0.717, 1.165) is 17.7 Å². The molecule has 1 N–H and O–H groups in total. The average Bonchev–Trinajstić information content (AvgIpc) is 2.87. The first-order valence-corrected chi connectivity index (χ1v) is 12.6. The number of carboxylic acids is 1. The number of aryl methyl sites for hydroxylation is 1. The number of piperidine rings is 1. The first kappa shape index (κ1) is 24.6. The number of ether oxygens (including phenoxy) is 2. The lowest BCUT2D eigenvalue weighted by atomic mass is 10.1. The molecule has 1 fully saturated rings.